The molecule has 0 fully saturated rings. The number of sulfonamides is 1. The van der Waals surface area contributed by atoms with Crippen LogP contribution in [0.4, 0.5) is 17.6 Å². The van der Waals surface area contributed by atoms with Crippen LogP contribution in [0, 0.1) is 5.82 Å². The number of hydrogen-bond donors (Lipinski definition) is 0. The number of nitrogens with zero attached hydrogens (tertiary/aromatic N) is 1. The summed E-state index contributed by atoms with van der Waals surface area (Å²) in [5.74, 6) is -1.42. The Morgan fingerprint density at radius 2 is 1.89 bits per heavy atom. The van der Waals surface area contributed by atoms with Crippen molar-refractivity contribution in [3.8, 4) is 0 Å². The minimum absolute atomic E-state index is 0.0670. The summed E-state index contributed by atoms with van der Waals surface area (Å²) in [7, 11) is -3.01. The summed E-state index contributed by atoms with van der Waals surface area (Å²) >= 11 is 0. The Balaban J connectivity index is 2.04. The number of alkyl halides is 3. The quantitative estimate of drug-likeness (QED) is 0.563. The first-order valence-electron chi connectivity index (χ1n) is 8.08. The maximum Gasteiger partial charge on any atom is 0.416 e. The molecule has 10 heteroatoms. The number of esters is 1. The predicted octanol–water partition coefficient (Wildman–Crippen LogP) is 3.65. The van der Waals surface area contributed by atoms with Gasteiger partial charge >= 0.3 is 12.1 Å². The first-order chi connectivity index (χ1) is 13.0. The minimum atomic E-state index is -4.59. The largest absolute Gasteiger partial charge is 0.469 e. The summed E-state index contributed by atoms with van der Waals surface area (Å²) in [5, 5.41) is 0. The third-order valence-electron chi connectivity index (χ3n) is 4.45. The van der Waals surface area contributed by atoms with E-state index in [1.54, 1.807) is 0 Å². The van der Waals surface area contributed by atoms with Crippen LogP contribution in [-0.4, -0.2) is 25.8 Å². The van der Waals surface area contributed by atoms with Gasteiger partial charge in [-0.1, -0.05) is 18.2 Å². The van der Waals surface area contributed by atoms with E-state index in [1.807, 2.05) is 0 Å². The van der Waals surface area contributed by atoms with Crippen LogP contribution in [0.3, 0.4) is 0 Å². The highest BCUT2D eigenvalue weighted by Gasteiger charge is 2.44. The molecule has 0 spiro atoms. The molecular formula is C18H15F4NO4S. The van der Waals surface area contributed by atoms with E-state index in [1.165, 1.54) is 12.1 Å². The monoisotopic (exact) mass is 417 g/mol. The molecule has 0 amide bonds. The number of benzene rings is 2. The molecule has 0 aromatic heterocycles. The van der Waals surface area contributed by atoms with Crippen LogP contribution in [-0.2, 0) is 32.3 Å². The fourth-order valence-corrected chi connectivity index (χ4v) is 4.97. The third-order valence-corrected chi connectivity index (χ3v) is 6.37. The number of fused-ring (bicyclic) bond motifs is 1. The molecule has 0 bridgehead atoms. The van der Waals surface area contributed by atoms with Gasteiger partial charge in [-0.25, -0.2) is 12.8 Å². The summed E-state index contributed by atoms with van der Waals surface area (Å²) in [4.78, 5) is 11.6. The van der Waals surface area contributed by atoms with Crippen molar-refractivity contribution in [1.82, 2.24) is 4.31 Å². The van der Waals surface area contributed by atoms with Crippen LogP contribution in [0.15, 0.2) is 47.4 Å². The van der Waals surface area contributed by atoms with Crippen LogP contribution < -0.4 is 0 Å². The molecule has 1 aliphatic rings. The van der Waals surface area contributed by atoms with Crippen LogP contribution in [0.25, 0.3) is 0 Å². The molecule has 0 unspecified atom stereocenters. The molecule has 0 aliphatic carbocycles. The number of hydrogen-bond acceptors (Lipinski definition) is 4. The Labute approximate surface area is 158 Å². The average Bonchev–Trinajstić information content (AvgIpc) is 2.82. The van der Waals surface area contributed by atoms with Gasteiger partial charge in [-0.15, -0.1) is 0 Å². The van der Waals surface area contributed by atoms with Gasteiger partial charge in [0.15, 0.2) is 0 Å². The molecule has 1 atom stereocenters. The zero-order valence-electron chi connectivity index (χ0n) is 14.5. The Bertz CT molecular complexity index is 1020. The molecule has 1 heterocycles. The molecule has 2 aromatic carbocycles. The molecule has 0 saturated heterocycles. The zero-order chi connectivity index (χ0) is 20.7. The normalized spacial score (nSPS) is 18.7. The molecular weight excluding hydrogens is 402 g/mol. The number of ether oxygens (including phenoxy) is 1. The highest BCUT2D eigenvalue weighted by molar-refractivity contribution is 7.89. The molecule has 150 valence electrons. The second-order valence-corrected chi connectivity index (χ2v) is 8.09. The van der Waals surface area contributed by atoms with Gasteiger partial charge in [0.2, 0.25) is 10.0 Å². The van der Waals surface area contributed by atoms with Crippen molar-refractivity contribution in [2.45, 2.75) is 30.1 Å². The predicted molar refractivity (Wildman–Crippen MR) is 89.9 cm³/mol. The van der Waals surface area contributed by atoms with Crippen molar-refractivity contribution in [2.24, 2.45) is 0 Å². The lowest BCUT2D eigenvalue weighted by Gasteiger charge is -2.23. The Morgan fingerprint density at radius 3 is 2.54 bits per heavy atom. The van der Waals surface area contributed by atoms with Gasteiger partial charge in [0, 0.05) is 6.54 Å². The topological polar surface area (TPSA) is 63.7 Å². The van der Waals surface area contributed by atoms with E-state index in [4.69, 9.17) is 0 Å². The molecule has 0 saturated carbocycles. The zero-order valence-corrected chi connectivity index (χ0v) is 15.3. The number of carbonyl (C=O) groups is 1. The van der Waals surface area contributed by atoms with E-state index in [-0.39, 0.29) is 16.0 Å². The van der Waals surface area contributed by atoms with Gasteiger partial charge in [0.25, 0.3) is 0 Å². The Kier molecular flexibility index (Phi) is 5.20. The van der Waals surface area contributed by atoms with Crippen LogP contribution in [0.1, 0.15) is 29.2 Å². The SMILES string of the molecule is COC(=O)C[C@H]1c2cc(F)ccc2S(=O)(=O)N1Cc1cccc(C(F)(F)F)c1. The lowest BCUT2D eigenvalue weighted by Crippen LogP contribution is -2.29. The first kappa shape index (κ1) is 20.3. The third kappa shape index (κ3) is 3.74. The van der Waals surface area contributed by atoms with Crippen LogP contribution in [0.2, 0.25) is 0 Å². The molecule has 28 heavy (non-hydrogen) atoms. The van der Waals surface area contributed by atoms with E-state index in [2.05, 4.69) is 4.74 Å². The standard InChI is InChI=1S/C18H15F4NO4S/c1-27-17(24)9-15-14-8-13(19)5-6-16(14)28(25,26)23(15)10-11-3-2-4-12(7-11)18(20,21)22/h2-8,15H,9-10H2,1H3/t15-/m0/s1. The molecule has 0 N–H and O–H groups in total. The molecule has 2 aromatic rings. The van der Waals surface area contributed by atoms with E-state index >= 15 is 0 Å². The van der Waals surface area contributed by atoms with Gasteiger partial charge in [0.05, 0.1) is 30.0 Å². The maximum atomic E-state index is 13.7. The van der Waals surface area contributed by atoms with Crippen LogP contribution >= 0.6 is 0 Å². The van der Waals surface area contributed by atoms with Gasteiger partial charge in [-0.2, -0.15) is 17.5 Å². The summed E-state index contributed by atoms with van der Waals surface area (Å²) in [6.07, 6.45) is -4.98. The number of rotatable bonds is 4. The summed E-state index contributed by atoms with van der Waals surface area (Å²) in [6.45, 7) is -0.412. The van der Waals surface area contributed by atoms with Crippen molar-refractivity contribution in [2.75, 3.05) is 7.11 Å². The van der Waals surface area contributed by atoms with Crippen LogP contribution in [0.5, 0.6) is 0 Å². The van der Waals surface area contributed by atoms with Crippen molar-refractivity contribution >= 4 is 16.0 Å². The van der Waals surface area contributed by atoms with Crippen molar-refractivity contribution in [1.29, 1.82) is 0 Å². The van der Waals surface area contributed by atoms with Crippen molar-refractivity contribution in [3.05, 3.63) is 65.0 Å². The average molecular weight is 417 g/mol. The molecule has 5 nitrogen and oxygen atoms in total. The number of carbonyl (C=O) groups excluding carboxylic acids is 1. The van der Waals surface area contributed by atoms with E-state index in [0.29, 0.717) is 0 Å². The second-order valence-electron chi connectivity index (χ2n) is 6.23. The first-order valence-corrected chi connectivity index (χ1v) is 9.52. The van der Waals surface area contributed by atoms with E-state index < -0.39 is 52.6 Å². The fraction of sp³-hybridized carbons (Fsp3) is 0.278. The molecule has 0 radical (unpaired) electrons. The minimum Gasteiger partial charge on any atom is -0.469 e. The summed E-state index contributed by atoms with van der Waals surface area (Å²) in [6, 6.07) is 6.21. The Hall–Kier alpha value is -2.46. The van der Waals surface area contributed by atoms with Crippen molar-refractivity contribution < 1.29 is 35.5 Å². The van der Waals surface area contributed by atoms with Gasteiger partial charge in [0.1, 0.15) is 5.82 Å². The van der Waals surface area contributed by atoms with Crippen molar-refractivity contribution in [3.63, 3.8) is 0 Å². The van der Waals surface area contributed by atoms with E-state index in [0.717, 1.165) is 41.7 Å². The van der Waals surface area contributed by atoms with Gasteiger partial charge < -0.3 is 4.74 Å². The van der Waals surface area contributed by atoms with E-state index in [9.17, 15) is 30.8 Å². The second kappa shape index (κ2) is 7.17. The highest BCUT2D eigenvalue weighted by Crippen LogP contribution is 2.43. The smallest absolute Gasteiger partial charge is 0.416 e. The van der Waals surface area contributed by atoms with Gasteiger partial charge in [-0.05, 0) is 35.4 Å². The number of halogens is 4. The Morgan fingerprint density at radius 1 is 1.18 bits per heavy atom. The lowest BCUT2D eigenvalue weighted by atomic mass is 10.0. The maximum absolute atomic E-state index is 13.7. The summed E-state index contributed by atoms with van der Waals surface area (Å²) in [5.41, 5.74) is -0.770. The molecule has 1 aliphatic heterocycles. The fourth-order valence-electron chi connectivity index (χ4n) is 3.14. The van der Waals surface area contributed by atoms with Gasteiger partial charge in [-0.3, -0.25) is 4.79 Å². The lowest BCUT2D eigenvalue weighted by molar-refractivity contribution is -0.141. The molecule has 3 rings (SSSR count). The highest BCUT2D eigenvalue weighted by atomic mass is 32.2. The number of methoxy groups -OCH3 is 1. The summed E-state index contributed by atoms with van der Waals surface area (Å²) < 4.78 is 83.8.